The summed E-state index contributed by atoms with van der Waals surface area (Å²) in [4.78, 5) is 24.9. The Bertz CT molecular complexity index is 513. The minimum atomic E-state index is -0.775. The lowest BCUT2D eigenvalue weighted by Gasteiger charge is -2.19. The third kappa shape index (κ3) is 3.36. The van der Waals surface area contributed by atoms with Crippen LogP contribution in [-0.4, -0.2) is 46.7 Å². The van der Waals surface area contributed by atoms with Crippen LogP contribution < -0.4 is 5.32 Å². The van der Waals surface area contributed by atoms with Crippen molar-refractivity contribution in [3.05, 3.63) is 11.8 Å². The van der Waals surface area contributed by atoms with Crippen LogP contribution in [0.5, 0.6) is 0 Å². The van der Waals surface area contributed by atoms with Crippen LogP contribution in [0.2, 0.25) is 0 Å². The van der Waals surface area contributed by atoms with Crippen LogP contribution in [-0.2, 0) is 9.59 Å². The zero-order chi connectivity index (χ0) is 14.8. The van der Waals surface area contributed by atoms with E-state index in [1.54, 1.807) is 19.9 Å². The van der Waals surface area contributed by atoms with Crippen molar-refractivity contribution >= 4 is 17.7 Å². The lowest BCUT2D eigenvalue weighted by Crippen LogP contribution is -2.33. The Labute approximate surface area is 116 Å². The van der Waals surface area contributed by atoms with Gasteiger partial charge in [0.15, 0.2) is 5.82 Å². The van der Waals surface area contributed by atoms with Crippen LogP contribution in [0.4, 0.5) is 5.82 Å². The predicted octanol–water partition coefficient (Wildman–Crippen LogP) is 1.11. The first-order chi connectivity index (χ1) is 9.39. The van der Waals surface area contributed by atoms with Crippen LogP contribution >= 0.6 is 0 Å². The number of carbonyl (C=O) groups is 2. The van der Waals surface area contributed by atoms with E-state index in [-0.39, 0.29) is 5.91 Å². The molecule has 1 unspecified atom stereocenters. The van der Waals surface area contributed by atoms with Gasteiger partial charge in [-0.05, 0) is 26.8 Å². The second-order valence-corrected chi connectivity index (χ2v) is 5.51. The average molecular weight is 281 g/mol. The number of nitrogens with zero attached hydrogens (tertiary/aromatic N) is 2. The van der Waals surface area contributed by atoms with Gasteiger partial charge in [0.25, 0.3) is 0 Å². The molecule has 1 saturated heterocycles. The molecule has 20 heavy (non-hydrogen) atoms. The number of carboxylic acids is 1. The van der Waals surface area contributed by atoms with Crippen LogP contribution in [0, 0.1) is 12.3 Å². The van der Waals surface area contributed by atoms with Crippen molar-refractivity contribution in [3.8, 4) is 0 Å². The highest BCUT2D eigenvalue weighted by Gasteiger charge is 2.40. The molecule has 0 spiro atoms. The van der Waals surface area contributed by atoms with Gasteiger partial charge in [0, 0.05) is 25.6 Å². The van der Waals surface area contributed by atoms with Crippen molar-refractivity contribution in [1.29, 1.82) is 0 Å². The Morgan fingerprint density at radius 2 is 2.35 bits per heavy atom. The van der Waals surface area contributed by atoms with Gasteiger partial charge < -0.3 is 19.8 Å². The van der Waals surface area contributed by atoms with Crippen molar-refractivity contribution in [1.82, 2.24) is 10.1 Å². The van der Waals surface area contributed by atoms with Crippen LogP contribution in [0.15, 0.2) is 10.6 Å². The number of hydrogen-bond acceptors (Lipinski definition) is 5. The van der Waals surface area contributed by atoms with Crippen molar-refractivity contribution in [2.24, 2.45) is 5.41 Å². The fraction of sp³-hybridized carbons (Fsp3) is 0.615. The highest BCUT2D eigenvalue weighted by atomic mass is 16.5. The summed E-state index contributed by atoms with van der Waals surface area (Å²) in [6.45, 7) is 5.23. The smallest absolute Gasteiger partial charge is 0.310 e. The van der Waals surface area contributed by atoms with Crippen molar-refractivity contribution in [2.75, 3.05) is 25.0 Å². The van der Waals surface area contributed by atoms with Gasteiger partial charge in [0.2, 0.25) is 5.91 Å². The highest BCUT2D eigenvalue weighted by Crippen LogP contribution is 2.29. The molecule has 110 valence electrons. The molecule has 0 saturated carbocycles. The van der Waals surface area contributed by atoms with E-state index >= 15 is 0 Å². The number of aryl methyl sites for hydroxylation is 1. The van der Waals surface area contributed by atoms with Gasteiger partial charge >= 0.3 is 5.97 Å². The Hall–Kier alpha value is -1.89. The summed E-state index contributed by atoms with van der Waals surface area (Å²) in [6, 6.07) is 1.65. The maximum atomic E-state index is 11.7. The Morgan fingerprint density at radius 1 is 1.60 bits per heavy atom. The topological polar surface area (TPSA) is 95.7 Å². The lowest BCUT2D eigenvalue weighted by molar-refractivity contribution is -0.147. The fourth-order valence-corrected chi connectivity index (χ4v) is 2.31. The quantitative estimate of drug-likeness (QED) is 0.839. The van der Waals surface area contributed by atoms with E-state index in [0.29, 0.717) is 44.1 Å². The Balaban J connectivity index is 1.76. The van der Waals surface area contributed by atoms with Gasteiger partial charge in [-0.2, -0.15) is 0 Å². The monoisotopic (exact) mass is 281 g/mol. The van der Waals surface area contributed by atoms with Gasteiger partial charge in [-0.25, -0.2) is 0 Å². The van der Waals surface area contributed by atoms with Crippen molar-refractivity contribution < 1.29 is 19.2 Å². The van der Waals surface area contributed by atoms with Crippen LogP contribution in [0.25, 0.3) is 0 Å². The summed E-state index contributed by atoms with van der Waals surface area (Å²) in [5.74, 6) is 0.117. The number of carbonyl (C=O) groups excluding carboxylic acids is 1. The number of aromatic nitrogens is 1. The molecule has 0 aromatic carbocycles. The summed E-state index contributed by atoms with van der Waals surface area (Å²) in [5.41, 5.74) is -0.695. The summed E-state index contributed by atoms with van der Waals surface area (Å²) in [5, 5.41) is 15.5. The number of carboxylic acid groups (broad SMARTS) is 1. The maximum Gasteiger partial charge on any atom is 0.310 e. The Morgan fingerprint density at radius 3 is 2.90 bits per heavy atom. The zero-order valence-corrected chi connectivity index (χ0v) is 11.7. The molecule has 0 aliphatic carbocycles. The first kappa shape index (κ1) is 14.5. The Kier molecular flexibility index (Phi) is 4.08. The number of rotatable bonds is 5. The molecule has 7 nitrogen and oxygen atoms in total. The van der Waals surface area contributed by atoms with Crippen LogP contribution in [0.1, 0.15) is 25.5 Å². The normalized spacial score (nSPS) is 22.9. The van der Waals surface area contributed by atoms with Gasteiger partial charge in [0.1, 0.15) is 5.76 Å². The molecule has 2 rings (SSSR count). The molecule has 2 heterocycles. The molecule has 1 aromatic rings. The molecule has 1 aliphatic heterocycles. The molecule has 1 aliphatic rings. The maximum absolute atomic E-state index is 11.7. The predicted molar refractivity (Wildman–Crippen MR) is 71.3 cm³/mol. The second-order valence-electron chi connectivity index (χ2n) is 5.51. The summed E-state index contributed by atoms with van der Waals surface area (Å²) in [7, 11) is 0. The second kappa shape index (κ2) is 5.62. The minimum absolute atomic E-state index is 0.151. The van der Waals surface area contributed by atoms with Gasteiger partial charge in [-0.1, -0.05) is 5.16 Å². The standard InChI is InChI=1S/C13H19N3O4/c1-9-7-10(15-20-9)14-11(17)3-5-16-6-4-13(2,8-16)12(18)19/h7H,3-6,8H2,1-2H3,(H,18,19)(H,14,15,17). The molecular weight excluding hydrogens is 262 g/mol. The molecule has 1 atom stereocenters. The molecule has 0 bridgehead atoms. The third-order valence-electron chi connectivity index (χ3n) is 3.62. The molecule has 1 amide bonds. The van der Waals surface area contributed by atoms with Gasteiger partial charge in [0.05, 0.1) is 5.41 Å². The summed E-state index contributed by atoms with van der Waals surface area (Å²) >= 11 is 0. The van der Waals surface area contributed by atoms with E-state index in [1.165, 1.54) is 0 Å². The van der Waals surface area contributed by atoms with Crippen LogP contribution in [0.3, 0.4) is 0 Å². The zero-order valence-electron chi connectivity index (χ0n) is 11.7. The number of amides is 1. The molecule has 0 radical (unpaired) electrons. The molecular formula is C13H19N3O4. The van der Waals surface area contributed by atoms with E-state index in [0.717, 1.165) is 0 Å². The summed E-state index contributed by atoms with van der Waals surface area (Å²) < 4.78 is 4.86. The summed E-state index contributed by atoms with van der Waals surface area (Å²) in [6.07, 6.45) is 0.925. The molecule has 1 fully saturated rings. The molecule has 7 heteroatoms. The SMILES string of the molecule is Cc1cc(NC(=O)CCN2CCC(C)(C(=O)O)C2)no1. The highest BCUT2D eigenvalue weighted by molar-refractivity contribution is 5.89. The number of nitrogens with one attached hydrogen (secondary N) is 1. The molecule has 2 N–H and O–H groups in total. The molecule has 1 aromatic heterocycles. The fourth-order valence-electron chi connectivity index (χ4n) is 2.31. The van der Waals surface area contributed by atoms with E-state index in [9.17, 15) is 9.59 Å². The number of likely N-dealkylation sites (tertiary alicyclic amines) is 1. The number of anilines is 1. The largest absolute Gasteiger partial charge is 0.481 e. The number of aliphatic carboxylic acids is 1. The first-order valence-corrected chi connectivity index (χ1v) is 6.58. The van der Waals surface area contributed by atoms with Crippen molar-refractivity contribution in [3.63, 3.8) is 0 Å². The van der Waals surface area contributed by atoms with E-state index in [1.807, 2.05) is 4.90 Å². The first-order valence-electron chi connectivity index (χ1n) is 6.58. The minimum Gasteiger partial charge on any atom is -0.481 e. The van der Waals surface area contributed by atoms with E-state index < -0.39 is 11.4 Å². The lowest BCUT2D eigenvalue weighted by atomic mass is 9.90. The van der Waals surface area contributed by atoms with E-state index in [2.05, 4.69) is 10.5 Å². The van der Waals surface area contributed by atoms with Gasteiger partial charge in [-0.15, -0.1) is 0 Å². The van der Waals surface area contributed by atoms with Crippen molar-refractivity contribution in [2.45, 2.75) is 26.7 Å². The van der Waals surface area contributed by atoms with Gasteiger partial charge in [-0.3, -0.25) is 9.59 Å². The number of hydrogen-bond donors (Lipinski definition) is 2. The van der Waals surface area contributed by atoms with E-state index in [4.69, 9.17) is 9.63 Å². The third-order valence-corrected chi connectivity index (χ3v) is 3.62. The average Bonchev–Trinajstić information content (AvgIpc) is 2.94.